The highest BCUT2D eigenvalue weighted by Gasteiger charge is 2.16. The SMILES string of the molecule is COc1cc(OC)c(OC)cc1CNC(=O)COc1cc2ccccc2cc1C(=O)O. The van der Waals surface area contributed by atoms with Crippen LogP contribution < -0.4 is 24.3 Å². The maximum Gasteiger partial charge on any atom is 0.339 e. The average molecular weight is 425 g/mol. The smallest absolute Gasteiger partial charge is 0.339 e. The Labute approximate surface area is 179 Å². The van der Waals surface area contributed by atoms with Gasteiger partial charge in [0.1, 0.15) is 17.1 Å². The van der Waals surface area contributed by atoms with Crippen LogP contribution in [-0.2, 0) is 11.3 Å². The number of rotatable bonds is 9. The molecule has 31 heavy (non-hydrogen) atoms. The van der Waals surface area contributed by atoms with Crippen molar-refractivity contribution in [2.24, 2.45) is 0 Å². The molecule has 1 amide bonds. The van der Waals surface area contributed by atoms with E-state index in [-0.39, 0.29) is 24.5 Å². The van der Waals surface area contributed by atoms with Crippen molar-refractivity contribution in [3.05, 3.63) is 59.7 Å². The number of fused-ring (bicyclic) bond motifs is 1. The minimum Gasteiger partial charge on any atom is -0.496 e. The van der Waals surface area contributed by atoms with E-state index in [9.17, 15) is 14.7 Å². The van der Waals surface area contributed by atoms with Crippen LogP contribution in [0.25, 0.3) is 10.8 Å². The molecule has 162 valence electrons. The molecule has 0 aliphatic rings. The second kappa shape index (κ2) is 9.71. The van der Waals surface area contributed by atoms with Gasteiger partial charge in [0.25, 0.3) is 5.91 Å². The van der Waals surface area contributed by atoms with Gasteiger partial charge in [-0.2, -0.15) is 0 Å². The van der Waals surface area contributed by atoms with Gasteiger partial charge in [-0.3, -0.25) is 4.79 Å². The van der Waals surface area contributed by atoms with Crippen LogP contribution in [0.4, 0.5) is 0 Å². The lowest BCUT2D eigenvalue weighted by atomic mass is 10.1. The van der Waals surface area contributed by atoms with Crippen molar-refractivity contribution >= 4 is 22.6 Å². The van der Waals surface area contributed by atoms with Crippen LogP contribution in [0.5, 0.6) is 23.0 Å². The molecule has 0 aromatic heterocycles. The van der Waals surface area contributed by atoms with E-state index in [1.807, 2.05) is 24.3 Å². The lowest BCUT2D eigenvalue weighted by Crippen LogP contribution is -2.28. The summed E-state index contributed by atoms with van der Waals surface area (Å²) in [5, 5.41) is 13.8. The lowest BCUT2D eigenvalue weighted by molar-refractivity contribution is -0.123. The van der Waals surface area contributed by atoms with Gasteiger partial charge in [0.2, 0.25) is 0 Å². The Hall–Kier alpha value is -3.94. The standard InChI is InChI=1S/C23H23NO7/c1-28-18-11-21(30-3)20(29-2)10-16(18)12-24-22(25)13-31-19-9-15-7-5-4-6-14(15)8-17(19)23(26)27/h4-11H,12-13H2,1-3H3,(H,24,25)(H,26,27). The quantitative estimate of drug-likeness (QED) is 0.542. The molecule has 0 fully saturated rings. The molecular weight excluding hydrogens is 402 g/mol. The van der Waals surface area contributed by atoms with Gasteiger partial charge in [0, 0.05) is 18.2 Å². The molecule has 2 N–H and O–H groups in total. The first-order valence-electron chi connectivity index (χ1n) is 9.41. The van der Waals surface area contributed by atoms with Crippen molar-refractivity contribution < 1.29 is 33.6 Å². The normalized spacial score (nSPS) is 10.4. The molecule has 0 unspecified atom stereocenters. The Balaban J connectivity index is 1.70. The van der Waals surface area contributed by atoms with E-state index in [0.29, 0.717) is 22.8 Å². The second-order valence-corrected chi connectivity index (χ2v) is 6.59. The molecule has 0 aliphatic heterocycles. The number of hydrogen-bond donors (Lipinski definition) is 2. The van der Waals surface area contributed by atoms with E-state index in [1.165, 1.54) is 27.4 Å². The molecule has 3 rings (SSSR count). The third-order valence-electron chi connectivity index (χ3n) is 4.70. The van der Waals surface area contributed by atoms with Crippen LogP contribution in [0.3, 0.4) is 0 Å². The molecule has 0 saturated carbocycles. The highest BCUT2D eigenvalue weighted by atomic mass is 16.5. The Kier molecular flexibility index (Phi) is 6.81. The molecule has 3 aromatic rings. The predicted molar refractivity (Wildman–Crippen MR) is 114 cm³/mol. The molecule has 0 bridgehead atoms. The van der Waals surface area contributed by atoms with E-state index in [1.54, 1.807) is 18.2 Å². The van der Waals surface area contributed by atoms with E-state index in [4.69, 9.17) is 18.9 Å². The summed E-state index contributed by atoms with van der Waals surface area (Å²) in [5.41, 5.74) is 0.679. The summed E-state index contributed by atoms with van der Waals surface area (Å²) in [6.07, 6.45) is 0. The fraction of sp³-hybridized carbons (Fsp3) is 0.217. The second-order valence-electron chi connectivity index (χ2n) is 6.59. The lowest BCUT2D eigenvalue weighted by Gasteiger charge is -2.15. The van der Waals surface area contributed by atoms with Crippen molar-refractivity contribution in [3.8, 4) is 23.0 Å². The number of aromatic carboxylic acids is 1. The minimum absolute atomic E-state index is 0.00643. The third-order valence-corrected chi connectivity index (χ3v) is 4.70. The summed E-state index contributed by atoms with van der Waals surface area (Å²) < 4.78 is 21.4. The van der Waals surface area contributed by atoms with Crippen molar-refractivity contribution in [2.45, 2.75) is 6.54 Å². The van der Waals surface area contributed by atoms with Gasteiger partial charge in [-0.1, -0.05) is 24.3 Å². The summed E-state index contributed by atoms with van der Waals surface area (Å²) in [6, 6.07) is 13.9. The molecule has 0 saturated heterocycles. The number of carboxylic acid groups (broad SMARTS) is 1. The molecule has 3 aromatic carbocycles. The summed E-state index contributed by atoms with van der Waals surface area (Å²) in [6.45, 7) is -0.177. The van der Waals surface area contributed by atoms with Crippen LogP contribution in [0.1, 0.15) is 15.9 Å². The first-order valence-corrected chi connectivity index (χ1v) is 9.41. The van der Waals surface area contributed by atoms with Gasteiger partial charge in [-0.15, -0.1) is 0 Å². The summed E-state index contributed by atoms with van der Waals surface area (Å²) in [7, 11) is 4.56. The molecule has 0 spiro atoms. The number of nitrogens with one attached hydrogen (secondary N) is 1. The minimum atomic E-state index is -1.13. The van der Waals surface area contributed by atoms with Crippen molar-refractivity contribution in [1.29, 1.82) is 0 Å². The molecule has 0 atom stereocenters. The van der Waals surface area contributed by atoms with Crippen molar-refractivity contribution in [3.63, 3.8) is 0 Å². The summed E-state index contributed by atoms with van der Waals surface area (Å²) in [5.74, 6) is 0.130. The number of hydrogen-bond acceptors (Lipinski definition) is 6. The zero-order valence-electron chi connectivity index (χ0n) is 17.4. The monoisotopic (exact) mass is 425 g/mol. The number of carbonyl (C=O) groups excluding carboxylic acids is 1. The molecular formula is C23H23NO7. The zero-order valence-corrected chi connectivity index (χ0v) is 17.4. The highest BCUT2D eigenvalue weighted by Crippen LogP contribution is 2.34. The Morgan fingerprint density at radius 1 is 0.839 bits per heavy atom. The Bertz CT molecular complexity index is 1110. The molecule has 8 heteroatoms. The first-order chi connectivity index (χ1) is 15.0. The summed E-state index contributed by atoms with van der Waals surface area (Å²) >= 11 is 0. The average Bonchev–Trinajstić information content (AvgIpc) is 2.79. The van der Waals surface area contributed by atoms with Gasteiger partial charge in [-0.05, 0) is 29.0 Å². The highest BCUT2D eigenvalue weighted by molar-refractivity contribution is 5.97. The third kappa shape index (κ3) is 4.98. The number of carboxylic acids is 1. The fourth-order valence-corrected chi connectivity index (χ4v) is 3.12. The van der Waals surface area contributed by atoms with Crippen LogP contribution in [0.15, 0.2) is 48.5 Å². The number of benzene rings is 3. The van der Waals surface area contributed by atoms with Gasteiger partial charge in [0.15, 0.2) is 18.1 Å². The van der Waals surface area contributed by atoms with Gasteiger partial charge >= 0.3 is 5.97 Å². The molecule has 0 heterocycles. The predicted octanol–water partition coefficient (Wildman–Crippen LogP) is 3.26. The number of carbonyl (C=O) groups is 2. The largest absolute Gasteiger partial charge is 0.496 e. The van der Waals surface area contributed by atoms with Crippen LogP contribution in [0.2, 0.25) is 0 Å². The molecule has 8 nitrogen and oxygen atoms in total. The van der Waals surface area contributed by atoms with Gasteiger partial charge in [-0.25, -0.2) is 4.79 Å². The number of amides is 1. The Morgan fingerprint density at radius 2 is 1.45 bits per heavy atom. The Morgan fingerprint density at radius 3 is 2.06 bits per heavy atom. The van der Waals surface area contributed by atoms with Crippen molar-refractivity contribution in [2.75, 3.05) is 27.9 Å². The number of methoxy groups -OCH3 is 3. The first kappa shape index (κ1) is 21.8. The van der Waals surface area contributed by atoms with Crippen LogP contribution in [0, 0.1) is 0 Å². The van der Waals surface area contributed by atoms with Crippen LogP contribution in [-0.4, -0.2) is 44.9 Å². The molecule has 0 aliphatic carbocycles. The topological polar surface area (TPSA) is 103 Å². The fourth-order valence-electron chi connectivity index (χ4n) is 3.12. The molecule has 0 radical (unpaired) electrons. The maximum atomic E-state index is 12.3. The van der Waals surface area contributed by atoms with E-state index in [2.05, 4.69) is 5.32 Å². The van der Waals surface area contributed by atoms with Crippen molar-refractivity contribution in [1.82, 2.24) is 5.32 Å². The van der Waals surface area contributed by atoms with Gasteiger partial charge < -0.3 is 29.4 Å². The van der Waals surface area contributed by atoms with E-state index < -0.39 is 11.9 Å². The number of ether oxygens (including phenoxy) is 4. The van der Waals surface area contributed by atoms with E-state index >= 15 is 0 Å². The zero-order chi connectivity index (χ0) is 22.4. The maximum absolute atomic E-state index is 12.3. The van der Waals surface area contributed by atoms with E-state index in [0.717, 1.165) is 10.8 Å². The summed E-state index contributed by atoms with van der Waals surface area (Å²) in [4.78, 5) is 23.9. The van der Waals surface area contributed by atoms with Crippen LogP contribution >= 0.6 is 0 Å². The van der Waals surface area contributed by atoms with Gasteiger partial charge in [0.05, 0.1) is 21.3 Å².